The number of esters is 1. The molecule has 0 atom stereocenters. The summed E-state index contributed by atoms with van der Waals surface area (Å²) in [6, 6.07) is 11.8. The first-order valence-corrected chi connectivity index (χ1v) is 7.26. The summed E-state index contributed by atoms with van der Waals surface area (Å²) in [4.78, 5) is 23.8. The monoisotopic (exact) mass is 329 g/mol. The van der Waals surface area contributed by atoms with E-state index in [1.165, 1.54) is 13.2 Å². The third kappa shape index (κ3) is 4.04. The molecule has 6 heteroatoms. The summed E-state index contributed by atoms with van der Waals surface area (Å²) in [7, 11) is 4.41. The van der Waals surface area contributed by atoms with Crippen LogP contribution >= 0.6 is 0 Å². The number of amides is 1. The first-order chi connectivity index (χ1) is 11.6. The predicted octanol–water partition coefficient (Wildman–Crippen LogP) is 2.42. The van der Waals surface area contributed by atoms with Crippen molar-refractivity contribution in [2.75, 3.05) is 21.3 Å². The van der Waals surface area contributed by atoms with Gasteiger partial charge in [-0.1, -0.05) is 12.1 Å². The zero-order valence-corrected chi connectivity index (χ0v) is 13.8. The Balaban J connectivity index is 2.07. The summed E-state index contributed by atoms with van der Waals surface area (Å²) in [5, 5.41) is 2.80. The smallest absolute Gasteiger partial charge is 0.337 e. The molecule has 0 aliphatic carbocycles. The molecule has 1 amide bonds. The number of rotatable bonds is 6. The lowest BCUT2D eigenvalue weighted by atomic mass is 10.1. The zero-order chi connectivity index (χ0) is 17.5. The van der Waals surface area contributed by atoms with Crippen molar-refractivity contribution in [1.29, 1.82) is 0 Å². The molecule has 0 bridgehead atoms. The molecule has 0 heterocycles. The van der Waals surface area contributed by atoms with Crippen molar-refractivity contribution >= 4 is 11.9 Å². The largest absolute Gasteiger partial charge is 0.493 e. The topological polar surface area (TPSA) is 73.9 Å². The van der Waals surface area contributed by atoms with E-state index < -0.39 is 5.97 Å². The van der Waals surface area contributed by atoms with Crippen molar-refractivity contribution in [3.8, 4) is 11.5 Å². The van der Waals surface area contributed by atoms with Gasteiger partial charge in [-0.3, -0.25) is 4.79 Å². The number of hydrogen-bond acceptors (Lipinski definition) is 5. The summed E-state index contributed by atoms with van der Waals surface area (Å²) in [5.41, 5.74) is 1.58. The fraction of sp³-hybridized carbons (Fsp3) is 0.222. The fourth-order valence-corrected chi connectivity index (χ4v) is 2.18. The predicted molar refractivity (Wildman–Crippen MR) is 88.5 cm³/mol. The van der Waals surface area contributed by atoms with Gasteiger partial charge in [0.15, 0.2) is 11.5 Å². The van der Waals surface area contributed by atoms with Gasteiger partial charge in [0.05, 0.1) is 26.9 Å². The third-order valence-electron chi connectivity index (χ3n) is 3.45. The lowest BCUT2D eigenvalue weighted by Gasteiger charge is -2.10. The van der Waals surface area contributed by atoms with Gasteiger partial charge >= 0.3 is 5.97 Å². The lowest BCUT2D eigenvalue weighted by molar-refractivity contribution is 0.0600. The van der Waals surface area contributed by atoms with E-state index >= 15 is 0 Å². The molecule has 0 spiro atoms. The first-order valence-electron chi connectivity index (χ1n) is 7.26. The molecular formula is C18H19NO5. The highest BCUT2D eigenvalue weighted by atomic mass is 16.5. The van der Waals surface area contributed by atoms with E-state index in [1.54, 1.807) is 44.6 Å². The molecule has 0 aliphatic rings. The van der Waals surface area contributed by atoms with Crippen LogP contribution in [-0.4, -0.2) is 33.2 Å². The van der Waals surface area contributed by atoms with Crippen LogP contribution in [0.25, 0.3) is 0 Å². The van der Waals surface area contributed by atoms with Crippen molar-refractivity contribution in [1.82, 2.24) is 5.32 Å². The zero-order valence-electron chi connectivity index (χ0n) is 13.8. The number of carbonyl (C=O) groups excluding carboxylic acids is 2. The second-order valence-corrected chi connectivity index (χ2v) is 4.94. The maximum Gasteiger partial charge on any atom is 0.337 e. The standard InChI is InChI=1S/C18H19NO5/c1-22-15-8-7-12(9-16(15)23-2)11-19-17(20)13-5-4-6-14(10-13)18(21)24-3/h4-10H,11H2,1-3H3,(H,19,20). The summed E-state index contributed by atoms with van der Waals surface area (Å²) in [6.45, 7) is 0.321. The Kier molecular flexibility index (Phi) is 5.78. The molecule has 2 aromatic rings. The van der Waals surface area contributed by atoms with E-state index in [0.717, 1.165) is 5.56 Å². The Hall–Kier alpha value is -3.02. The van der Waals surface area contributed by atoms with Crippen LogP contribution < -0.4 is 14.8 Å². The van der Waals surface area contributed by atoms with Crippen molar-refractivity contribution in [2.45, 2.75) is 6.54 Å². The van der Waals surface area contributed by atoms with Gasteiger partial charge < -0.3 is 19.5 Å². The number of benzene rings is 2. The van der Waals surface area contributed by atoms with Crippen molar-refractivity contribution < 1.29 is 23.8 Å². The van der Waals surface area contributed by atoms with Crippen LogP contribution in [0.15, 0.2) is 42.5 Å². The van der Waals surface area contributed by atoms with E-state index in [4.69, 9.17) is 9.47 Å². The Bertz CT molecular complexity index is 742. The van der Waals surface area contributed by atoms with Gasteiger partial charge in [0.1, 0.15) is 0 Å². The highest BCUT2D eigenvalue weighted by Crippen LogP contribution is 2.27. The van der Waals surface area contributed by atoms with Crippen LogP contribution in [0.5, 0.6) is 11.5 Å². The van der Waals surface area contributed by atoms with E-state index in [2.05, 4.69) is 10.1 Å². The van der Waals surface area contributed by atoms with Gasteiger partial charge in [-0.25, -0.2) is 4.79 Å². The molecule has 0 aromatic heterocycles. The minimum atomic E-state index is -0.482. The van der Waals surface area contributed by atoms with Gasteiger partial charge in [-0.2, -0.15) is 0 Å². The Morgan fingerprint density at radius 3 is 2.29 bits per heavy atom. The molecule has 0 radical (unpaired) electrons. The average molecular weight is 329 g/mol. The van der Waals surface area contributed by atoms with Gasteiger partial charge in [-0.15, -0.1) is 0 Å². The van der Waals surface area contributed by atoms with Crippen LogP contribution in [0.3, 0.4) is 0 Å². The van der Waals surface area contributed by atoms with Crippen LogP contribution in [0.1, 0.15) is 26.3 Å². The van der Waals surface area contributed by atoms with Crippen molar-refractivity contribution in [3.63, 3.8) is 0 Å². The van der Waals surface area contributed by atoms with Gasteiger partial charge in [0.2, 0.25) is 0 Å². The SMILES string of the molecule is COC(=O)c1cccc(C(=O)NCc2ccc(OC)c(OC)c2)c1. The summed E-state index contributed by atoms with van der Waals surface area (Å²) in [5.74, 6) is 0.454. The molecule has 0 fully saturated rings. The Labute approximate surface area is 140 Å². The minimum Gasteiger partial charge on any atom is -0.493 e. The lowest BCUT2D eigenvalue weighted by Crippen LogP contribution is -2.23. The number of hydrogen-bond donors (Lipinski definition) is 1. The number of carbonyl (C=O) groups is 2. The molecule has 126 valence electrons. The van der Waals surface area contributed by atoms with Crippen LogP contribution in [-0.2, 0) is 11.3 Å². The highest BCUT2D eigenvalue weighted by molar-refractivity contribution is 5.97. The summed E-state index contributed by atoms with van der Waals surface area (Å²) in [6.07, 6.45) is 0. The number of methoxy groups -OCH3 is 3. The van der Waals surface area contributed by atoms with Gasteiger partial charge in [-0.05, 0) is 35.9 Å². The summed E-state index contributed by atoms with van der Waals surface area (Å²) >= 11 is 0. The van der Waals surface area contributed by atoms with Crippen LogP contribution in [0.4, 0.5) is 0 Å². The molecule has 0 aliphatic heterocycles. The molecule has 2 aromatic carbocycles. The van der Waals surface area contributed by atoms with Gasteiger partial charge in [0, 0.05) is 12.1 Å². The second kappa shape index (κ2) is 8.01. The van der Waals surface area contributed by atoms with E-state index in [1.807, 2.05) is 6.07 Å². The fourth-order valence-electron chi connectivity index (χ4n) is 2.18. The maximum absolute atomic E-state index is 12.2. The van der Waals surface area contributed by atoms with Crippen LogP contribution in [0.2, 0.25) is 0 Å². The minimum absolute atomic E-state index is 0.282. The molecule has 0 saturated carbocycles. The van der Waals surface area contributed by atoms with Crippen molar-refractivity contribution in [3.05, 3.63) is 59.2 Å². The molecule has 2 rings (SSSR count). The van der Waals surface area contributed by atoms with E-state index in [9.17, 15) is 9.59 Å². The highest BCUT2D eigenvalue weighted by Gasteiger charge is 2.11. The normalized spacial score (nSPS) is 9.96. The van der Waals surface area contributed by atoms with Crippen LogP contribution in [0, 0.1) is 0 Å². The molecule has 0 saturated heterocycles. The van der Waals surface area contributed by atoms with E-state index in [-0.39, 0.29) is 5.91 Å². The third-order valence-corrected chi connectivity index (χ3v) is 3.45. The molecule has 0 unspecified atom stereocenters. The number of ether oxygens (including phenoxy) is 3. The Morgan fingerprint density at radius 2 is 1.62 bits per heavy atom. The quantitative estimate of drug-likeness (QED) is 0.824. The average Bonchev–Trinajstić information content (AvgIpc) is 2.65. The molecule has 24 heavy (non-hydrogen) atoms. The molecule has 6 nitrogen and oxygen atoms in total. The number of nitrogens with one attached hydrogen (secondary N) is 1. The summed E-state index contributed by atoms with van der Waals surface area (Å²) < 4.78 is 15.1. The molecule has 1 N–H and O–H groups in total. The maximum atomic E-state index is 12.2. The van der Waals surface area contributed by atoms with Crippen molar-refractivity contribution in [2.24, 2.45) is 0 Å². The molecular weight excluding hydrogens is 310 g/mol. The second-order valence-electron chi connectivity index (χ2n) is 4.94. The van der Waals surface area contributed by atoms with E-state index in [0.29, 0.717) is 29.2 Å². The van der Waals surface area contributed by atoms with Gasteiger partial charge in [0.25, 0.3) is 5.91 Å². The Morgan fingerprint density at radius 1 is 0.917 bits per heavy atom. The first kappa shape index (κ1) is 17.3.